The minimum absolute atomic E-state index is 0.141. The van der Waals surface area contributed by atoms with Gasteiger partial charge in [-0.15, -0.1) is 0 Å². The van der Waals surface area contributed by atoms with Crippen LogP contribution in [-0.2, 0) is 13.5 Å². The van der Waals surface area contributed by atoms with Crippen LogP contribution in [0.4, 0.5) is 0 Å². The van der Waals surface area contributed by atoms with Crippen LogP contribution in [0.2, 0.25) is 0 Å². The number of fused-ring (bicyclic) bond motifs is 3. The standard InChI is InChI=1S/C10H10N4O3/c1-13-8-7(9(16)12-10(13)17)14-5(11-8)3-2-4-6(14)15/h2-4H2,1H3,(H,12,16,17). The number of imidazole rings is 1. The molecule has 17 heavy (non-hydrogen) atoms. The summed E-state index contributed by atoms with van der Waals surface area (Å²) in [6, 6.07) is 0. The molecular formula is C10H10N4O3. The second kappa shape index (κ2) is 3.16. The van der Waals surface area contributed by atoms with E-state index in [1.54, 1.807) is 0 Å². The van der Waals surface area contributed by atoms with Crippen LogP contribution in [0.3, 0.4) is 0 Å². The number of rotatable bonds is 0. The van der Waals surface area contributed by atoms with Crippen LogP contribution in [0.15, 0.2) is 9.59 Å². The summed E-state index contributed by atoms with van der Waals surface area (Å²) in [6.45, 7) is 0. The molecular weight excluding hydrogens is 224 g/mol. The van der Waals surface area contributed by atoms with Crippen molar-refractivity contribution in [3.05, 3.63) is 26.7 Å². The highest BCUT2D eigenvalue weighted by atomic mass is 16.2. The molecule has 0 spiro atoms. The molecule has 0 bridgehead atoms. The van der Waals surface area contributed by atoms with E-state index in [1.807, 2.05) is 0 Å². The first-order valence-electron chi connectivity index (χ1n) is 5.33. The number of hydrogen-bond acceptors (Lipinski definition) is 4. The van der Waals surface area contributed by atoms with E-state index >= 15 is 0 Å². The summed E-state index contributed by atoms with van der Waals surface area (Å²) in [5.41, 5.74) is -0.640. The van der Waals surface area contributed by atoms with Crippen molar-refractivity contribution >= 4 is 17.1 Å². The zero-order valence-electron chi connectivity index (χ0n) is 9.19. The maximum Gasteiger partial charge on any atom is 0.329 e. The van der Waals surface area contributed by atoms with Crippen LogP contribution in [0.5, 0.6) is 0 Å². The molecule has 0 amide bonds. The number of nitrogens with zero attached hydrogens (tertiary/aromatic N) is 3. The van der Waals surface area contributed by atoms with E-state index in [0.717, 1.165) is 6.42 Å². The number of aromatic amines is 1. The molecule has 7 nitrogen and oxygen atoms in total. The fraction of sp³-hybridized carbons (Fsp3) is 0.400. The van der Waals surface area contributed by atoms with Crippen molar-refractivity contribution in [3.8, 4) is 0 Å². The van der Waals surface area contributed by atoms with E-state index in [2.05, 4.69) is 9.97 Å². The predicted octanol–water partition coefficient (Wildman–Crippen LogP) is -0.600. The van der Waals surface area contributed by atoms with Crippen molar-refractivity contribution < 1.29 is 4.79 Å². The maximum atomic E-state index is 11.8. The Hall–Kier alpha value is -2.18. The number of H-pyrrole nitrogens is 1. The van der Waals surface area contributed by atoms with Gasteiger partial charge in [-0.05, 0) is 6.42 Å². The molecule has 0 saturated heterocycles. The van der Waals surface area contributed by atoms with Gasteiger partial charge in [0.25, 0.3) is 5.56 Å². The number of hydrogen-bond donors (Lipinski definition) is 1. The molecule has 7 heteroatoms. The molecule has 1 N–H and O–H groups in total. The smallest absolute Gasteiger partial charge is 0.279 e. The minimum Gasteiger partial charge on any atom is -0.279 e. The van der Waals surface area contributed by atoms with Crippen molar-refractivity contribution in [2.75, 3.05) is 0 Å². The van der Waals surface area contributed by atoms with Gasteiger partial charge in [0.15, 0.2) is 11.2 Å². The lowest BCUT2D eigenvalue weighted by Gasteiger charge is -2.11. The van der Waals surface area contributed by atoms with Gasteiger partial charge in [-0.2, -0.15) is 0 Å². The Morgan fingerprint density at radius 2 is 2.00 bits per heavy atom. The van der Waals surface area contributed by atoms with Crippen LogP contribution in [0, 0.1) is 0 Å². The summed E-state index contributed by atoms with van der Waals surface area (Å²) >= 11 is 0. The van der Waals surface area contributed by atoms with Gasteiger partial charge >= 0.3 is 5.69 Å². The molecule has 88 valence electrons. The van der Waals surface area contributed by atoms with Crippen LogP contribution in [0.25, 0.3) is 11.2 Å². The van der Waals surface area contributed by atoms with Crippen molar-refractivity contribution in [2.45, 2.75) is 19.3 Å². The SMILES string of the molecule is Cn1c(=O)[nH]c(=O)c2c1nc1n2C(=O)CCC1. The molecule has 0 aromatic carbocycles. The lowest BCUT2D eigenvalue weighted by atomic mass is 10.1. The molecule has 2 aromatic rings. The van der Waals surface area contributed by atoms with Crippen LogP contribution in [0.1, 0.15) is 23.5 Å². The van der Waals surface area contributed by atoms with Gasteiger partial charge in [0.05, 0.1) is 0 Å². The zero-order valence-corrected chi connectivity index (χ0v) is 9.19. The number of aromatic nitrogens is 4. The first-order valence-corrected chi connectivity index (χ1v) is 5.33. The number of carbonyl (C=O) groups is 1. The number of aryl methyl sites for hydroxylation is 2. The Morgan fingerprint density at radius 1 is 1.24 bits per heavy atom. The Morgan fingerprint density at radius 3 is 2.76 bits per heavy atom. The molecule has 1 aliphatic heterocycles. The van der Waals surface area contributed by atoms with Crippen LogP contribution >= 0.6 is 0 Å². The van der Waals surface area contributed by atoms with Gasteiger partial charge in [-0.1, -0.05) is 0 Å². The normalized spacial score (nSPS) is 15.2. The van der Waals surface area contributed by atoms with Crippen molar-refractivity contribution in [2.24, 2.45) is 7.05 Å². The van der Waals surface area contributed by atoms with Gasteiger partial charge in [-0.25, -0.2) is 9.78 Å². The second-order valence-corrected chi connectivity index (χ2v) is 4.10. The second-order valence-electron chi connectivity index (χ2n) is 4.10. The Balaban J connectivity index is 2.56. The summed E-state index contributed by atoms with van der Waals surface area (Å²) in [4.78, 5) is 41.3. The van der Waals surface area contributed by atoms with Crippen LogP contribution in [-0.4, -0.2) is 25.0 Å². The van der Waals surface area contributed by atoms with E-state index in [-0.39, 0.29) is 17.1 Å². The summed E-state index contributed by atoms with van der Waals surface area (Å²) in [5.74, 6) is 0.417. The predicted molar refractivity (Wildman–Crippen MR) is 59.2 cm³/mol. The van der Waals surface area contributed by atoms with Crippen molar-refractivity contribution in [1.29, 1.82) is 0 Å². The first-order chi connectivity index (χ1) is 8.09. The highest BCUT2D eigenvalue weighted by Crippen LogP contribution is 2.18. The van der Waals surface area contributed by atoms with Gasteiger partial charge in [0.2, 0.25) is 5.91 Å². The van der Waals surface area contributed by atoms with Gasteiger partial charge < -0.3 is 0 Å². The van der Waals surface area contributed by atoms with Gasteiger partial charge in [0, 0.05) is 19.9 Å². The minimum atomic E-state index is -0.558. The average Bonchev–Trinajstić information content (AvgIpc) is 2.67. The average molecular weight is 234 g/mol. The zero-order chi connectivity index (χ0) is 12.2. The fourth-order valence-electron chi connectivity index (χ4n) is 2.17. The maximum absolute atomic E-state index is 11.8. The van der Waals surface area contributed by atoms with E-state index in [0.29, 0.717) is 18.7 Å². The number of nitrogens with one attached hydrogen (secondary N) is 1. The highest BCUT2D eigenvalue weighted by molar-refractivity contribution is 5.90. The van der Waals surface area contributed by atoms with E-state index in [9.17, 15) is 14.4 Å². The summed E-state index contributed by atoms with van der Waals surface area (Å²) < 4.78 is 2.58. The molecule has 0 radical (unpaired) electrons. The molecule has 2 aromatic heterocycles. The fourth-order valence-corrected chi connectivity index (χ4v) is 2.17. The van der Waals surface area contributed by atoms with Crippen LogP contribution < -0.4 is 11.2 Å². The molecule has 0 saturated carbocycles. The van der Waals surface area contributed by atoms with Crippen molar-refractivity contribution in [3.63, 3.8) is 0 Å². The third kappa shape index (κ3) is 1.22. The number of carbonyl (C=O) groups excluding carboxylic acids is 1. The molecule has 0 unspecified atom stereocenters. The lowest BCUT2D eigenvalue weighted by Crippen LogP contribution is -2.30. The lowest BCUT2D eigenvalue weighted by molar-refractivity contribution is 0.0888. The van der Waals surface area contributed by atoms with Crippen molar-refractivity contribution in [1.82, 2.24) is 19.1 Å². The molecule has 1 aliphatic rings. The topological polar surface area (TPSA) is 89.8 Å². The highest BCUT2D eigenvalue weighted by Gasteiger charge is 2.24. The Kier molecular flexibility index (Phi) is 1.86. The summed E-state index contributed by atoms with van der Waals surface area (Å²) in [5, 5.41) is 0. The quantitative estimate of drug-likeness (QED) is 0.659. The molecule has 0 aliphatic carbocycles. The Bertz CT molecular complexity index is 749. The largest absolute Gasteiger partial charge is 0.329 e. The summed E-state index contributed by atoms with van der Waals surface area (Å²) in [7, 11) is 1.52. The first kappa shape index (κ1) is 10.0. The third-order valence-electron chi connectivity index (χ3n) is 3.03. The van der Waals surface area contributed by atoms with E-state index < -0.39 is 11.2 Å². The summed E-state index contributed by atoms with van der Waals surface area (Å²) in [6.07, 6.45) is 1.78. The monoisotopic (exact) mass is 234 g/mol. The molecule has 3 heterocycles. The molecule has 0 atom stereocenters. The van der Waals surface area contributed by atoms with Gasteiger partial charge in [-0.3, -0.25) is 23.7 Å². The molecule has 0 fully saturated rings. The van der Waals surface area contributed by atoms with Gasteiger partial charge in [0.1, 0.15) is 5.82 Å². The third-order valence-corrected chi connectivity index (χ3v) is 3.03. The Labute approximate surface area is 94.7 Å². The molecule has 3 rings (SSSR count). The van der Waals surface area contributed by atoms with E-state index in [4.69, 9.17) is 0 Å². The van der Waals surface area contributed by atoms with E-state index in [1.165, 1.54) is 16.2 Å².